The number of amides is 1. The Balaban J connectivity index is 1.32. The SMILES string of the molecule is Cc1c(-c2ccc3c(c2)CCC2(CCN(C(=O)OC(C)(C)C)CC2)O3)cnc2ccccc12. The lowest BCUT2D eigenvalue weighted by Gasteiger charge is -2.44. The molecule has 1 fully saturated rings. The van der Waals surface area contributed by atoms with Gasteiger partial charge in [-0.2, -0.15) is 0 Å². The molecular formula is C28H32N2O3. The van der Waals surface area contributed by atoms with Crippen LogP contribution in [-0.4, -0.2) is 40.3 Å². The minimum Gasteiger partial charge on any atom is -0.487 e. The Labute approximate surface area is 195 Å². The van der Waals surface area contributed by atoms with Gasteiger partial charge in [-0.1, -0.05) is 24.3 Å². The number of aryl methyl sites for hydroxylation is 2. The predicted molar refractivity (Wildman–Crippen MR) is 131 cm³/mol. The number of hydrogen-bond donors (Lipinski definition) is 0. The minimum atomic E-state index is -0.469. The van der Waals surface area contributed by atoms with Crippen LogP contribution < -0.4 is 4.74 Å². The van der Waals surface area contributed by atoms with E-state index in [0.29, 0.717) is 13.1 Å². The van der Waals surface area contributed by atoms with Crippen LogP contribution in [0.25, 0.3) is 22.0 Å². The second-order valence-electron chi connectivity index (χ2n) is 10.4. The zero-order valence-electron chi connectivity index (χ0n) is 20.0. The van der Waals surface area contributed by atoms with Crippen LogP contribution in [0.2, 0.25) is 0 Å². The molecule has 5 rings (SSSR count). The Bertz CT molecular complexity index is 1200. The molecule has 3 aromatic rings. The van der Waals surface area contributed by atoms with E-state index in [1.165, 1.54) is 27.6 Å². The Morgan fingerprint density at radius 2 is 1.85 bits per heavy atom. The normalized spacial score (nSPS) is 17.5. The van der Waals surface area contributed by atoms with E-state index in [0.717, 1.165) is 36.9 Å². The van der Waals surface area contributed by atoms with Gasteiger partial charge < -0.3 is 14.4 Å². The van der Waals surface area contributed by atoms with Gasteiger partial charge in [-0.25, -0.2) is 4.79 Å². The molecular weight excluding hydrogens is 412 g/mol. The van der Waals surface area contributed by atoms with Crippen molar-refractivity contribution in [3.63, 3.8) is 0 Å². The predicted octanol–water partition coefficient (Wildman–Crippen LogP) is 6.30. The van der Waals surface area contributed by atoms with Gasteiger partial charge in [0.1, 0.15) is 17.0 Å². The second-order valence-corrected chi connectivity index (χ2v) is 10.4. The number of para-hydroxylation sites is 1. The number of nitrogens with zero attached hydrogens (tertiary/aromatic N) is 2. The molecule has 0 saturated carbocycles. The van der Waals surface area contributed by atoms with E-state index in [-0.39, 0.29) is 11.7 Å². The molecule has 1 spiro atoms. The molecule has 2 aliphatic heterocycles. The minimum absolute atomic E-state index is 0.187. The number of carbonyl (C=O) groups is 1. The van der Waals surface area contributed by atoms with Crippen molar-refractivity contribution in [1.82, 2.24) is 9.88 Å². The van der Waals surface area contributed by atoms with Crippen molar-refractivity contribution in [3.8, 4) is 16.9 Å². The molecule has 1 aromatic heterocycles. The summed E-state index contributed by atoms with van der Waals surface area (Å²) in [7, 11) is 0. The molecule has 0 bridgehead atoms. The Morgan fingerprint density at radius 1 is 1.09 bits per heavy atom. The highest BCUT2D eigenvalue weighted by molar-refractivity contribution is 5.88. The van der Waals surface area contributed by atoms with E-state index in [4.69, 9.17) is 9.47 Å². The monoisotopic (exact) mass is 444 g/mol. The first kappa shape index (κ1) is 21.7. The van der Waals surface area contributed by atoms with Crippen LogP contribution in [0, 0.1) is 6.92 Å². The number of benzene rings is 2. The third-order valence-corrected chi connectivity index (χ3v) is 6.92. The topological polar surface area (TPSA) is 51.7 Å². The highest BCUT2D eigenvalue weighted by Crippen LogP contribution is 2.41. The number of ether oxygens (including phenoxy) is 2. The number of hydrogen-bond acceptors (Lipinski definition) is 4. The summed E-state index contributed by atoms with van der Waals surface area (Å²) in [5.41, 5.74) is 5.23. The molecule has 0 atom stereocenters. The molecule has 5 heteroatoms. The van der Waals surface area contributed by atoms with Gasteiger partial charge in [0.05, 0.1) is 5.52 Å². The maximum atomic E-state index is 12.4. The maximum absolute atomic E-state index is 12.4. The number of piperidine rings is 1. The summed E-state index contributed by atoms with van der Waals surface area (Å²) in [6, 6.07) is 14.8. The standard InChI is InChI=1S/C28H32N2O3/c1-19-22-7-5-6-8-24(22)29-18-23(19)20-9-10-25-21(17-20)11-12-28(32-25)13-15-30(16-14-28)26(31)33-27(2,3)4/h5-10,17-18H,11-16H2,1-4H3. The molecule has 2 aliphatic rings. The summed E-state index contributed by atoms with van der Waals surface area (Å²) < 4.78 is 12.1. The van der Waals surface area contributed by atoms with Crippen molar-refractivity contribution in [2.75, 3.05) is 13.1 Å². The molecule has 5 nitrogen and oxygen atoms in total. The molecule has 3 heterocycles. The summed E-state index contributed by atoms with van der Waals surface area (Å²) in [4.78, 5) is 18.9. The van der Waals surface area contributed by atoms with Crippen molar-refractivity contribution in [3.05, 3.63) is 59.8 Å². The molecule has 2 aromatic carbocycles. The summed E-state index contributed by atoms with van der Waals surface area (Å²) >= 11 is 0. The van der Waals surface area contributed by atoms with Crippen LogP contribution in [0.15, 0.2) is 48.7 Å². The number of rotatable bonds is 1. The fourth-order valence-corrected chi connectivity index (χ4v) is 5.03. The second kappa shape index (κ2) is 8.05. The fourth-order valence-electron chi connectivity index (χ4n) is 5.03. The van der Waals surface area contributed by atoms with Crippen molar-refractivity contribution < 1.29 is 14.3 Å². The van der Waals surface area contributed by atoms with Gasteiger partial charge in [-0.05, 0) is 75.4 Å². The smallest absolute Gasteiger partial charge is 0.410 e. The third-order valence-electron chi connectivity index (χ3n) is 6.92. The zero-order chi connectivity index (χ0) is 23.2. The third kappa shape index (κ3) is 4.29. The van der Waals surface area contributed by atoms with Crippen LogP contribution in [0.1, 0.15) is 51.2 Å². The number of fused-ring (bicyclic) bond motifs is 2. The van der Waals surface area contributed by atoms with Gasteiger partial charge in [-0.3, -0.25) is 4.98 Å². The van der Waals surface area contributed by atoms with Gasteiger partial charge in [0.15, 0.2) is 0 Å². The average Bonchev–Trinajstić information content (AvgIpc) is 2.79. The molecule has 0 radical (unpaired) electrons. The van der Waals surface area contributed by atoms with Gasteiger partial charge in [-0.15, -0.1) is 0 Å². The van der Waals surface area contributed by atoms with E-state index in [2.05, 4.69) is 48.3 Å². The highest BCUT2D eigenvalue weighted by atomic mass is 16.6. The quantitative estimate of drug-likeness (QED) is 0.442. The largest absolute Gasteiger partial charge is 0.487 e. The molecule has 172 valence electrons. The summed E-state index contributed by atoms with van der Waals surface area (Å²) in [5.74, 6) is 0.974. The fraction of sp³-hybridized carbons (Fsp3) is 0.429. The first-order valence-corrected chi connectivity index (χ1v) is 11.9. The lowest BCUT2D eigenvalue weighted by Crippen LogP contribution is -2.52. The molecule has 1 saturated heterocycles. The molecule has 33 heavy (non-hydrogen) atoms. The first-order chi connectivity index (χ1) is 15.7. The van der Waals surface area contributed by atoms with Crippen molar-refractivity contribution in [2.24, 2.45) is 0 Å². The van der Waals surface area contributed by atoms with Gasteiger partial charge in [0.25, 0.3) is 0 Å². The zero-order valence-corrected chi connectivity index (χ0v) is 20.0. The Hall–Kier alpha value is -3.08. The van der Waals surface area contributed by atoms with Gasteiger partial charge in [0, 0.05) is 43.1 Å². The van der Waals surface area contributed by atoms with Crippen LogP contribution >= 0.6 is 0 Å². The van der Waals surface area contributed by atoms with E-state index in [1.54, 1.807) is 0 Å². The van der Waals surface area contributed by atoms with Crippen LogP contribution in [-0.2, 0) is 11.2 Å². The van der Waals surface area contributed by atoms with E-state index >= 15 is 0 Å². The van der Waals surface area contributed by atoms with Gasteiger partial charge in [0.2, 0.25) is 0 Å². The first-order valence-electron chi connectivity index (χ1n) is 11.9. The van der Waals surface area contributed by atoms with Crippen LogP contribution in [0.3, 0.4) is 0 Å². The van der Waals surface area contributed by atoms with Crippen molar-refractivity contribution >= 4 is 17.0 Å². The maximum Gasteiger partial charge on any atom is 0.410 e. The summed E-state index contributed by atoms with van der Waals surface area (Å²) in [6.45, 7) is 9.22. The van der Waals surface area contributed by atoms with Crippen molar-refractivity contribution in [2.45, 2.75) is 64.6 Å². The van der Waals surface area contributed by atoms with E-state index in [1.807, 2.05) is 37.9 Å². The van der Waals surface area contributed by atoms with E-state index < -0.39 is 5.60 Å². The Morgan fingerprint density at radius 3 is 2.61 bits per heavy atom. The Kier molecular flexibility index (Phi) is 5.31. The highest BCUT2D eigenvalue weighted by Gasteiger charge is 2.41. The molecule has 0 N–H and O–H groups in total. The van der Waals surface area contributed by atoms with Crippen molar-refractivity contribution in [1.29, 1.82) is 0 Å². The molecule has 0 unspecified atom stereocenters. The summed E-state index contributed by atoms with van der Waals surface area (Å²) in [6.07, 6.45) is 5.38. The van der Waals surface area contributed by atoms with E-state index in [9.17, 15) is 4.79 Å². The average molecular weight is 445 g/mol. The molecule has 0 aliphatic carbocycles. The number of pyridine rings is 1. The summed E-state index contributed by atoms with van der Waals surface area (Å²) in [5, 5.41) is 1.19. The van der Waals surface area contributed by atoms with Crippen LogP contribution in [0.5, 0.6) is 5.75 Å². The number of carbonyl (C=O) groups excluding carboxylic acids is 1. The lowest BCUT2D eigenvalue weighted by molar-refractivity contribution is -0.0272. The van der Waals surface area contributed by atoms with Gasteiger partial charge >= 0.3 is 6.09 Å². The molecule has 1 amide bonds. The number of aromatic nitrogens is 1. The number of likely N-dealkylation sites (tertiary alicyclic amines) is 1. The lowest BCUT2D eigenvalue weighted by atomic mass is 9.82. The van der Waals surface area contributed by atoms with Crippen LogP contribution in [0.4, 0.5) is 4.79 Å².